The molecule has 0 atom stereocenters. The molecule has 0 aliphatic carbocycles. The van der Waals surface area contributed by atoms with E-state index < -0.39 is 0 Å². The Hall–Kier alpha value is -2.96. The van der Waals surface area contributed by atoms with Crippen molar-refractivity contribution in [2.24, 2.45) is 7.05 Å². The van der Waals surface area contributed by atoms with Crippen LogP contribution in [0.5, 0.6) is 0 Å². The van der Waals surface area contributed by atoms with Crippen LogP contribution in [0.4, 0.5) is 0 Å². The van der Waals surface area contributed by atoms with E-state index >= 15 is 0 Å². The standard InChI is InChI=1S/C16H17N5O2/c1-11-13(10-21(2)19-11)15-9-14(20-23-15)16(22)18-8-5-12-3-6-17-7-4-12/h3-4,6-7,9-10H,5,8H2,1-2H3,(H,18,22). The van der Waals surface area contributed by atoms with Gasteiger partial charge in [-0.1, -0.05) is 5.16 Å². The summed E-state index contributed by atoms with van der Waals surface area (Å²) in [5.41, 5.74) is 3.04. The van der Waals surface area contributed by atoms with Crippen molar-refractivity contribution in [3.05, 3.63) is 53.7 Å². The first-order valence-electron chi connectivity index (χ1n) is 7.28. The minimum Gasteiger partial charge on any atom is -0.355 e. The molecule has 0 aliphatic heterocycles. The zero-order valence-corrected chi connectivity index (χ0v) is 13.0. The maximum Gasteiger partial charge on any atom is 0.273 e. The van der Waals surface area contributed by atoms with E-state index in [2.05, 4.69) is 20.6 Å². The van der Waals surface area contributed by atoms with E-state index in [-0.39, 0.29) is 11.6 Å². The van der Waals surface area contributed by atoms with E-state index in [0.717, 1.165) is 23.2 Å². The Morgan fingerprint density at radius 3 is 2.83 bits per heavy atom. The number of aromatic nitrogens is 4. The number of nitrogens with zero attached hydrogens (tertiary/aromatic N) is 4. The maximum absolute atomic E-state index is 12.1. The Labute approximate surface area is 133 Å². The van der Waals surface area contributed by atoms with Gasteiger partial charge in [-0.25, -0.2) is 0 Å². The predicted octanol–water partition coefficient (Wildman–Crippen LogP) is 1.75. The van der Waals surface area contributed by atoms with Crippen molar-refractivity contribution in [3.63, 3.8) is 0 Å². The zero-order valence-electron chi connectivity index (χ0n) is 13.0. The largest absolute Gasteiger partial charge is 0.355 e. The monoisotopic (exact) mass is 311 g/mol. The van der Waals surface area contributed by atoms with Gasteiger partial charge in [0.15, 0.2) is 11.5 Å². The van der Waals surface area contributed by atoms with Crippen LogP contribution in [0.3, 0.4) is 0 Å². The van der Waals surface area contributed by atoms with Crippen LogP contribution in [0, 0.1) is 6.92 Å². The molecule has 0 spiro atoms. The Kier molecular flexibility index (Phi) is 4.18. The summed E-state index contributed by atoms with van der Waals surface area (Å²) in [4.78, 5) is 16.1. The van der Waals surface area contributed by atoms with Crippen LogP contribution in [0.1, 0.15) is 21.7 Å². The average Bonchev–Trinajstić information content (AvgIpc) is 3.14. The van der Waals surface area contributed by atoms with E-state index in [0.29, 0.717) is 12.3 Å². The van der Waals surface area contributed by atoms with Gasteiger partial charge in [-0.15, -0.1) is 0 Å². The third kappa shape index (κ3) is 3.45. The zero-order chi connectivity index (χ0) is 16.2. The number of hydrogen-bond acceptors (Lipinski definition) is 5. The molecule has 0 unspecified atom stereocenters. The predicted molar refractivity (Wildman–Crippen MR) is 83.7 cm³/mol. The van der Waals surface area contributed by atoms with Crippen LogP contribution >= 0.6 is 0 Å². The van der Waals surface area contributed by atoms with E-state index in [1.54, 1.807) is 23.1 Å². The second-order valence-electron chi connectivity index (χ2n) is 5.24. The molecule has 3 heterocycles. The van der Waals surface area contributed by atoms with E-state index in [9.17, 15) is 4.79 Å². The lowest BCUT2D eigenvalue weighted by molar-refractivity contribution is 0.0945. The van der Waals surface area contributed by atoms with Gasteiger partial charge < -0.3 is 9.84 Å². The highest BCUT2D eigenvalue weighted by molar-refractivity contribution is 5.93. The smallest absolute Gasteiger partial charge is 0.273 e. The summed E-state index contributed by atoms with van der Waals surface area (Å²) in [5, 5.41) is 10.9. The molecule has 0 fully saturated rings. The van der Waals surface area contributed by atoms with Gasteiger partial charge >= 0.3 is 0 Å². The molecule has 0 saturated carbocycles. The first-order chi connectivity index (χ1) is 11.1. The Balaban J connectivity index is 1.61. The second-order valence-corrected chi connectivity index (χ2v) is 5.24. The lowest BCUT2D eigenvalue weighted by atomic mass is 10.2. The highest BCUT2D eigenvalue weighted by Gasteiger charge is 2.16. The van der Waals surface area contributed by atoms with Crippen LogP contribution in [0.2, 0.25) is 0 Å². The van der Waals surface area contributed by atoms with E-state index in [4.69, 9.17) is 4.52 Å². The van der Waals surface area contributed by atoms with Gasteiger partial charge in [0, 0.05) is 38.2 Å². The molecule has 1 amide bonds. The fourth-order valence-electron chi connectivity index (χ4n) is 2.31. The number of pyridine rings is 1. The highest BCUT2D eigenvalue weighted by atomic mass is 16.5. The number of nitrogens with one attached hydrogen (secondary N) is 1. The summed E-state index contributed by atoms with van der Waals surface area (Å²) in [6.07, 6.45) is 6.04. The molecular weight excluding hydrogens is 294 g/mol. The maximum atomic E-state index is 12.1. The third-order valence-corrected chi connectivity index (χ3v) is 3.47. The van der Waals surface area contributed by atoms with Gasteiger partial charge in [0.05, 0.1) is 11.3 Å². The lowest BCUT2D eigenvalue weighted by Gasteiger charge is -2.02. The van der Waals surface area contributed by atoms with Gasteiger partial charge in [-0.2, -0.15) is 5.10 Å². The molecule has 0 bridgehead atoms. The average molecular weight is 311 g/mol. The molecule has 0 saturated heterocycles. The summed E-state index contributed by atoms with van der Waals surface area (Å²) in [6, 6.07) is 5.48. The van der Waals surface area contributed by atoms with Crippen LogP contribution in [-0.4, -0.2) is 32.4 Å². The van der Waals surface area contributed by atoms with Crippen molar-refractivity contribution >= 4 is 5.91 Å². The molecule has 1 N–H and O–H groups in total. The molecule has 0 aromatic carbocycles. The first kappa shape index (κ1) is 15.0. The van der Waals surface area contributed by atoms with E-state index in [1.165, 1.54) is 0 Å². The number of amides is 1. The van der Waals surface area contributed by atoms with E-state index in [1.807, 2.05) is 32.3 Å². The van der Waals surface area contributed by atoms with Crippen LogP contribution in [-0.2, 0) is 13.5 Å². The molecular formula is C16H17N5O2. The summed E-state index contributed by atoms with van der Waals surface area (Å²) >= 11 is 0. The Morgan fingerprint density at radius 1 is 1.35 bits per heavy atom. The van der Waals surface area contributed by atoms with Crippen LogP contribution in [0.25, 0.3) is 11.3 Å². The third-order valence-electron chi connectivity index (χ3n) is 3.47. The summed E-state index contributed by atoms with van der Waals surface area (Å²) in [5.74, 6) is 0.283. The lowest BCUT2D eigenvalue weighted by Crippen LogP contribution is -2.25. The number of rotatable bonds is 5. The molecule has 118 valence electrons. The number of aryl methyl sites for hydroxylation is 2. The van der Waals surface area contributed by atoms with Gasteiger partial charge in [0.1, 0.15) is 0 Å². The number of hydrogen-bond donors (Lipinski definition) is 1. The molecule has 3 aromatic rings. The van der Waals surface area contributed by atoms with Crippen molar-refractivity contribution in [2.75, 3.05) is 6.54 Å². The fourth-order valence-corrected chi connectivity index (χ4v) is 2.31. The minimum atomic E-state index is -0.254. The highest BCUT2D eigenvalue weighted by Crippen LogP contribution is 2.22. The molecule has 3 rings (SSSR count). The normalized spacial score (nSPS) is 10.7. The minimum absolute atomic E-state index is 0.254. The van der Waals surface area contributed by atoms with Gasteiger partial charge in [0.25, 0.3) is 5.91 Å². The van der Waals surface area contributed by atoms with Crippen molar-refractivity contribution in [1.29, 1.82) is 0 Å². The molecule has 3 aromatic heterocycles. The SMILES string of the molecule is Cc1nn(C)cc1-c1cc(C(=O)NCCc2ccncc2)no1. The van der Waals surface area contributed by atoms with Gasteiger partial charge in [-0.3, -0.25) is 14.5 Å². The Bertz CT molecular complexity index is 807. The molecule has 7 nitrogen and oxygen atoms in total. The molecule has 23 heavy (non-hydrogen) atoms. The van der Waals surface area contributed by atoms with Gasteiger partial charge in [-0.05, 0) is 31.0 Å². The summed E-state index contributed by atoms with van der Waals surface area (Å²) < 4.78 is 6.95. The molecule has 0 aliphatic rings. The number of carbonyl (C=O) groups excluding carboxylic acids is 1. The van der Waals surface area contributed by atoms with Crippen molar-refractivity contribution in [3.8, 4) is 11.3 Å². The summed E-state index contributed by atoms with van der Waals surface area (Å²) in [6.45, 7) is 2.41. The first-order valence-corrected chi connectivity index (χ1v) is 7.28. The van der Waals surface area contributed by atoms with Crippen LogP contribution in [0.15, 0.2) is 41.3 Å². The number of carbonyl (C=O) groups is 1. The fraction of sp³-hybridized carbons (Fsp3) is 0.250. The van der Waals surface area contributed by atoms with Gasteiger partial charge in [0.2, 0.25) is 0 Å². The van der Waals surface area contributed by atoms with Crippen molar-refractivity contribution in [1.82, 2.24) is 25.2 Å². The second kappa shape index (κ2) is 6.43. The van der Waals surface area contributed by atoms with Crippen molar-refractivity contribution < 1.29 is 9.32 Å². The van der Waals surface area contributed by atoms with Crippen LogP contribution < -0.4 is 5.32 Å². The summed E-state index contributed by atoms with van der Waals surface area (Å²) in [7, 11) is 1.83. The quantitative estimate of drug-likeness (QED) is 0.776. The molecule has 0 radical (unpaired) electrons. The Morgan fingerprint density at radius 2 is 2.13 bits per heavy atom. The molecule has 7 heteroatoms. The van der Waals surface area contributed by atoms with Crippen molar-refractivity contribution in [2.45, 2.75) is 13.3 Å². The topological polar surface area (TPSA) is 85.8 Å².